The quantitative estimate of drug-likeness (QED) is 0.750. The second-order valence-corrected chi connectivity index (χ2v) is 3.86. The smallest absolute Gasteiger partial charge is 0.308 e. The Kier molecular flexibility index (Phi) is 3.85. The fourth-order valence-corrected chi connectivity index (χ4v) is 1.48. The number of carboxylic acid groups (broad SMARTS) is 1. The Bertz CT molecular complexity index is 333. The van der Waals surface area contributed by atoms with E-state index in [1.54, 1.807) is 12.5 Å². The zero-order valence-corrected chi connectivity index (χ0v) is 9.05. The summed E-state index contributed by atoms with van der Waals surface area (Å²) < 4.78 is 1.96. The highest BCUT2D eigenvalue weighted by Crippen LogP contribution is 2.13. The van der Waals surface area contributed by atoms with Gasteiger partial charge in [0.1, 0.15) is 0 Å². The fourth-order valence-electron chi connectivity index (χ4n) is 1.48. The first kappa shape index (κ1) is 11.7. The van der Waals surface area contributed by atoms with Crippen LogP contribution in [0.4, 0.5) is 0 Å². The van der Waals surface area contributed by atoms with Crippen molar-refractivity contribution in [2.45, 2.75) is 26.3 Å². The molecule has 0 aliphatic heterocycles. The predicted octanol–water partition coefficient (Wildman–Crippen LogP) is 0.666. The second kappa shape index (κ2) is 4.93. The Labute approximate surface area is 88.9 Å². The van der Waals surface area contributed by atoms with Crippen molar-refractivity contribution in [1.82, 2.24) is 9.55 Å². The van der Waals surface area contributed by atoms with Crippen LogP contribution in [0.25, 0.3) is 0 Å². The molecule has 3 N–H and O–H groups in total. The van der Waals surface area contributed by atoms with Gasteiger partial charge in [-0.05, 0) is 13.8 Å². The molecular weight excluding hydrogens is 194 g/mol. The van der Waals surface area contributed by atoms with E-state index in [9.17, 15) is 4.79 Å². The molecule has 84 valence electrons. The van der Waals surface area contributed by atoms with Crippen molar-refractivity contribution in [2.24, 2.45) is 11.7 Å². The molecule has 1 heterocycles. The summed E-state index contributed by atoms with van der Waals surface area (Å²) in [7, 11) is 0. The number of carbonyl (C=O) groups is 1. The van der Waals surface area contributed by atoms with Gasteiger partial charge in [-0.15, -0.1) is 0 Å². The largest absolute Gasteiger partial charge is 0.481 e. The van der Waals surface area contributed by atoms with Gasteiger partial charge in [0.05, 0.1) is 12.2 Å². The molecule has 0 amide bonds. The van der Waals surface area contributed by atoms with Crippen molar-refractivity contribution in [3.63, 3.8) is 0 Å². The molecule has 0 fully saturated rings. The molecule has 0 aromatic carbocycles. The van der Waals surface area contributed by atoms with Crippen molar-refractivity contribution in [2.75, 3.05) is 6.54 Å². The van der Waals surface area contributed by atoms with E-state index in [1.165, 1.54) is 0 Å². The summed E-state index contributed by atoms with van der Waals surface area (Å²) in [6, 6.07) is 0.287. The molecule has 1 rings (SSSR count). The van der Waals surface area contributed by atoms with E-state index < -0.39 is 11.9 Å². The standard InChI is InChI=1S/C10H17N3O2/c1-7(2)13-6-12-5-9(13)3-8(4-11)10(14)15/h5-8H,3-4,11H2,1-2H3,(H,14,15). The maximum atomic E-state index is 10.8. The van der Waals surface area contributed by atoms with Gasteiger partial charge in [-0.3, -0.25) is 4.79 Å². The van der Waals surface area contributed by atoms with Crippen LogP contribution in [-0.2, 0) is 11.2 Å². The molecular formula is C10H17N3O2. The molecule has 0 aliphatic carbocycles. The predicted molar refractivity (Wildman–Crippen MR) is 56.5 cm³/mol. The first-order valence-electron chi connectivity index (χ1n) is 4.99. The number of aliphatic carboxylic acids is 1. The number of nitrogens with two attached hydrogens (primary N) is 1. The fraction of sp³-hybridized carbons (Fsp3) is 0.600. The summed E-state index contributed by atoms with van der Waals surface area (Å²) in [5, 5.41) is 8.89. The third-order valence-electron chi connectivity index (χ3n) is 2.39. The van der Waals surface area contributed by atoms with Crippen LogP contribution in [0.15, 0.2) is 12.5 Å². The highest BCUT2D eigenvalue weighted by Gasteiger charge is 2.18. The van der Waals surface area contributed by atoms with Gasteiger partial charge in [-0.1, -0.05) is 0 Å². The van der Waals surface area contributed by atoms with Gasteiger partial charge < -0.3 is 15.4 Å². The van der Waals surface area contributed by atoms with Crippen molar-refractivity contribution < 1.29 is 9.90 Å². The molecule has 0 saturated carbocycles. The van der Waals surface area contributed by atoms with E-state index in [2.05, 4.69) is 4.98 Å². The molecule has 0 radical (unpaired) electrons. The number of aromatic nitrogens is 2. The average molecular weight is 211 g/mol. The SMILES string of the molecule is CC(C)n1cncc1CC(CN)C(=O)O. The number of nitrogens with zero attached hydrogens (tertiary/aromatic N) is 2. The van der Waals surface area contributed by atoms with Gasteiger partial charge in [0.2, 0.25) is 0 Å². The van der Waals surface area contributed by atoms with Crippen LogP contribution in [0.3, 0.4) is 0 Å². The summed E-state index contributed by atoms with van der Waals surface area (Å²) in [4.78, 5) is 14.8. The highest BCUT2D eigenvalue weighted by atomic mass is 16.4. The number of hydrogen-bond donors (Lipinski definition) is 2. The number of rotatable bonds is 5. The minimum atomic E-state index is -0.853. The van der Waals surface area contributed by atoms with E-state index in [1.807, 2.05) is 18.4 Å². The highest BCUT2D eigenvalue weighted by molar-refractivity contribution is 5.70. The Morgan fingerprint density at radius 2 is 2.33 bits per heavy atom. The van der Waals surface area contributed by atoms with Crippen molar-refractivity contribution >= 4 is 5.97 Å². The summed E-state index contributed by atoms with van der Waals surface area (Å²) in [5.74, 6) is -1.38. The summed E-state index contributed by atoms with van der Waals surface area (Å²) >= 11 is 0. The van der Waals surface area contributed by atoms with Gasteiger partial charge >= 0.3 is 5.97 Å². The molecule has 0 spiro atoms. The van der Waals surface area contributed by atoms with Crippen molar-refractivity contribution in [3.8, 4) is 0 Å². The van der Waals surface area contributed by atoms with E-state index in [0.717, 1.165) is 5.69 Å². The molecule has 15 heavy (non-hydrogen) atoms. The van der Waals surface area contributed by atoms with Crippen molar-refractivity contribution in [3.05, 3.63) is 18.2 Å². The lowest BCUT2D eigenvalue weighted by atomic mass is 10.0. The van der Waals surface area contributed by atoms with E-state index in [4.69, 9.17) is 10.8 Å². The molecule has 1 unspecified atom stereocenters. The zero-order chi connectivity index (χ0) is 11.4. The first-order chi connectivity index (χ1) is 7.06. The van der Waals surface area contributed by atoms with Gasteiger partial charge in [-0.25, -0.2) is 4.98 Å². The molecule has 5 nitrogen and oxygen atoms in total. The third-order valence-corrected chi connectivity index (χ3v) is 2.39. The van der Waals surface area contributed by atoms with Crippen molar-refractivity contribution in [1.29, 1.82) is 0 Å². The molecule has 1 aromatic rings. The normalized spacial score (nSPS) is 13.1. The molecule has 0 aliphatic rings. The van der Waals surface area contributed by atoms with Gasteiger partial charge in [0.25, 0.3) is 0 Å². The van der Waals surface area contributed by atoms with Gasteiger partial charge in [-0.2, -0.15) is 0 Å². The second-order valence-electron chi connectivity index (χ2n) is 3.86. The third kappa shape index (κ3) is 2.79. The lowest BCUT2D eigenvalue weighted by Gasteiger charge is -2.14. The van der Waals surface area contributed by atoms with Crippen LogP contribution in [0.5, 0.6) is 0 Å². The van der Waals surface area contributed by atoms with Crippen LogP contribution < -0.4 is 5.73 Å². The minimum absolute atomic E-state index is 0.151. The monoisotopic (exact) mass is 211 g/mol. The van der Waals surface area contributed by atoms with Crippen LogP contribution in [-0.4, -0.2) is 27.2 Å². The first-order valence-corrected chi connectivity index (χ1v) is 4.99. The summed E-state index contributed by atoms with van der Waals surface area (Å²) in [6.07, 6.45) is 3.85. The number of hydrogen-bond acceptors (Lipinski definition) is 3. The Balaban J connectivity index is 2.79. The summed E-state index contributed by atoms with van der Waals surface area (Å²) in [5.41, 5.74) is 6.33. The van der Waals surface area contributed by atoms with Crippen LogP contribution in [0, 0.1) is 5.92 Å². The topological polar surface area (TPSA) is 81.1 Å². The lowest BCUT2D eigenvalue weighted by molar-refractivity contribution is -0.141. The van der Waals surface area contributed by atoms with Crippen LogP contribution in [0.1, 0.15) is 25.6 Å². The minimum Gasteiger partial charge on any atom is -0.481 e. The summed E-state index contributed by atoms with van der Waals surface area (Å²) in [6.45, 7) is 4.21. The maximum Gasteiger partial charge on any atom is 0.308 e. The number of carboxylic acids is 1. The Morgan fingerprint density at radius 1 is 1.67 bits per heavy atom. The van der Waals surface area contributed by atoms with Gasteiger partial charge in [0.15, 0.2) is 0 Å². The lowest BCUT2D eigenvalue weighted by Crippen LogP contribution is -2.26. The zero-order valence-electron chi connectivity index (χ0n) is 9.05. The average Bonchev–Trinajstić information content (AvgIpc) is 2.61. The van der Waals surface area contributed by atoms with E-state index in [0.29, 0.717) is 6.42 Å². The Morgan fingerprint density at radius 3 is 2.80 bits per heavy atom. The molecule has 1 atom stereocenters. The molecule has 0 saturated heterocycles. The van der Waals surface area contributed by atoms with Crippen LogP contribution in [0.2, 0.25) is 0 Å². The van der Waals surface area contributed by atoms with Crippen LogP contribution >= 0.6 is 0 Å². The molecule has 5 heteroatoms. The Hall–Kier alpha value is -1.36. The van der Waals surface area contributed by atoms with Gasteiger partial charge in [0, 0.05) is 30.9 Å². The molecule has 0 bridgehead atoms. The molecule has 1 aromatic heterocycles. The number of imidazole rings is 1. The van der Waals surface area contributed by atoms with E-state index in [-0.39, 0.29) is 12.6 Å². The van der Waals surface area contributed by atoms with E-state index >= 15 is 0 Å². The maximum absolute atomic E-state index is 10.8.